The maximum absolute atomic E-state index is 11.5. The molecule has 1 fully saturated rings. The molecule has 0 saturated carbocycles. The Balaban J connectivity index is 2.10. The predicted molar refractivity (Wildman–Crippen MR) is 85.7 cm³/mol. The van der Waals surface area contributed by atoms with Crippen LogP contribution in [0.3, 0.4) is 0 Å². The average Bonchev–Trinajstić information content (AvgIpc) is 2.48. The fourth-order valence-electron chi connectivity index (χ4n) is 2.35. The van der Waals surface area contributed by atoms with E-state index in [0.717, 1.165) is 62.0 Å². The quantitative estimate of drug-likeness (QED) is 0.812. The van der Waals surface area contributed by atoms with Gasteiger partial charge in [-0.15, -0.1) is 0 Å². The molecule has 5 heteroatoms. The molecule has 0 unspecified atom stereocenters. The molecule has 1 aromatic heterocycles. The first-order valence-electron chi connectivity index (χ1n) is 7.53. The van der Waals surface area contributed by atoms with E-state index in [4.69, 9.17) is 4.98 Å². The monoisotopic (exact) mass is 295 g/mol. The highest BCUT2D eigenvalue weighted by molar-refractivity contribution is 7.85. The predicted octanol–water partition coefficient (Wildman–Crippen LogP) is 1.71. The number of nitrogens with one attached hydrogen (secondary N) is 1. The average molecular weight is 295 g/mol. The zero-order valence-electron chi connectivity index (χ0n) is 12.5. The van der Waals surface area contributed by atoms with E-state index < -0.39 is 10.8 Å². The van der Waals surface area contributed by atoms with Gasteiger partial charge in [0.15, 0.2) is 0 Å². The van der Waals surface area contributed by atoms with Crippen molar-refractivity contribution in [3.8, 4) is 0 Å². The first kappa shape index (κ1) is 15.4. The molecule has 0 atom stereocenters. The molecular formula is C15H25N3OS. The van der Waals surface area contributed by atoms with Crippen LogP contribution in [0.1, 0.15) is 31.5 Å². The molecule has 1 aliphatic rings. The molecule has 2 rings (SSSR count). The number of pyridine rings is 1. The molecule has 1 N–H and O–H groups in total. The second-order valence-corrected chi connectivity index (χ2v) is 6.89. The third-order valence-electron chi connectivity index (χ3n) is 3.54. The van der Waals surface area contributed by atoms with Gasteiger partial charge in [0.05, 0.1) is 0 Å². The Labute approximate surface area is 124 Å². The number of nitrogens with zero attached hydrogens (tertiary/aromatic N) is 2. The van der Waals surface area contributed by atoms with Crippen LogP contribution in [0.15, 0.2) is 12.1 Å². The lowest BCUT2D eigenvalue weighted by Gasteiger charge is -2.28. The van der Waals surface area contributed by atoms with Gasteiger partial charge in [-0.2, -0.15) is 0 Å². The Kier molecular flexibility index (Phi) is 5.98. The minimum absolute atomic E-state index is 0.635. The van der Waals surface area contributed by atoms with E-state index in [2.05, 4.69) is 36.2 Å². The molecule has 0 radical (unpaired) electrons. The SMILES string of the molecule is CCCNCc1cc(CC)nc(N2CCS(=O)CC2)c1. The van der Waals surface area contributed by atoms with E-state index in [-0.39, 0.29) is 0 Å². The van der Waals surface area contributed by atoms with Crippen LogP contribution >= 0.6 is 0 Å². The van der Waals surface area contributed by atoms with Crippen LogP contribution < -0.4 is 10.2 Å². The zero-order valence-corrected chi connectivity index (χ0v) is 13.3. The van der Waals surface area contributed by atoms with Crippen molar-refractivity contribution in [2.45, 2.75) is 33.2 Å². The molecule has 4 nitrogen and oxygen atoms in total. The fraction of sp³-hybridized carbons (Fsp3) is 0.667. The maximum Gasteiger partial charge on any atom is 0.129 e. The molecule has 0 amide bonds. The Morgan fingerprint density at radius 1 is 1.30 bits per heavy atom. The first-order chi connectivity index (χ1) is 9.72. The summed E-state index contributed by atoms with van der Waals surface area (Å²) in [5, 5.41) is 3.44. The van der Waals surface area contributed by atoms with Crippen molar-refractivity contribution >= 4 is 16.6 Å². The number of hydrogen-bond acceptors (Lipinski definition) is 4. The molecule has 20 heavy (non-hydrogen) atoms. The maximum atomic E-state index is 11.5. The van der Waals surface area contributed by atoms with Crippen LogP contribution in [0.5, 0.6) is 0 Å². The smallest absolute Gasteiger partial charge is 0.129 e. The van der Waals surface area contributed by atoms with Gasteiger partial charge in [-0.3, -0.25) is 4.21 Å². The summed E-state index contributed by atoms with van der Waals surface area (Å²) in [6.45, 7) is 7.97. The lowest BCUT2D eigenvalue weighted by Crippen LogP contribution is -2.38. The molecule has 0 spiro atoms. The highest BCUT2D eigenvalue weighted by Gasteiger charge is 2.17. The minimum Gasteiger partial charge on any atom is -0.355 e. The van der Waals surface area contributed by atoms with Crippen molar-refractivity contribution in [1.29, 1.82) is 0 Å². The third kappa shape index (κ3) is 4.28. The van der Waals surface area contributed by atoms with E-state index in [9.17, 15) is 4.21 Å². The highest BCUT2D eigenvalue weighted by atomic mass is 32.2. The largest absolute Gasteiger partial charge is 0.355 e. The Morgan fingerprint density at radius 3 is 2.70 bits per heavy atom. The topological polar surface area (TPSA) is 45.2 Å². The van der Waals surface area contributed by atoms with Gasteiger partial charge in [0.25, 0.3) is 0 Å². The summed E-state index contributed by atoms with van der Waals surface area (Å²) in [5.41, 5.74) is 2.44. The number of aryl methyl sites for hydroxylation is 1. The van der Waals surface area contributed by atoms with Gasteiger partial charge in [0.2, 0.25) is 0 Å². The summed E-state index contributed by atoms with van der Waals surface area (Å²) in [7, 11) is -0.635. The van der Waals surface area contributed by atoms with Gasteiger partial charge in [0.1, 0.15) is 5.82 Å². The molecule has 0 aliphatic carbocycles. The van der Waals surface area contributed by atoms with Crippen molar-refractivity contribution in [3.63, 3.8) is 0 Å². The van der Waals surface area contributed by atoms with Crippen LogP contribution in [-0.4, -0.2) is 40.3 Å². The third-order valence-corrected chi connectivity index (χ3v) is 4.82. The Hall–Kier alpha value is -0.940. The molecule has 0 bridgehead atoms. The van der Waals surface area contributed by atoms with E-state index in [1.807, 2.05) is 0 Å². The van der Waals surface area contributed by atoms with Crippen LogP contribution in [0.2, 0.25) is 0 Å². The standard InChI is InChI=1S/C15H25N3OS/c1-3-5-16-12-13-10-14(4-2)17-15(11-13)18-6-8-20(19)9-7-18/h10-11,16H,3-9,12H2,1-2H3. The Morgan fingerprint density at radius 2 is 2.05 bits per heavy atom. The highest BCUT2D eigenvalue weighted by Crippen LogP contribution is 2.17. The van der Waals surface area contributed by atoms with Gasteiger partial charge in [-0.25, -0.2) is 4.98 Å². The second kappa shape index (κ2) is 7.74. The Bertz CT molecular complexity index is 454. The van der Waals surface area contributed by atoms with Gasteiger partial charge >= 0.3 is 0 Å². The number of rotatable bonds is 6. The van der Waals surface area contributed by atoms with Gasteiger partial charge < -0.3 is 10.2 Å². The molecule has 2 heterocycles. The van der Waals surface area contributed by atoms with Crippen molar-refractivity contribution < 1.29 is 4.21 Å². The van der Waals surface area contributed by atoms with Crippen molar-refractivity contribution in [2.75, 3.05) is 36.0 Å². The summed E-state index contributed by atoms with van der Waals surface area (Å²) in [6, 6.07) is 4.37. The number of anilines is 1. The summed E-state index contributed by atoms with van der Waals surface area (Å²) >= 11 is 0. The van der Waals surface area contributed by atoms with Crippen molar-refractivity contribution in [1.82, 2.24) is 10.3 Å². The second-order valence-electron chi connectivity index (χ2n) is 5.19. The fourth-order valence-corrected chi connectivity index (χ4v) is 3.41. The summed E-state index contributed by atoms with van der Waals surface area (Å²) in [6.07, 6.45) is 2.10. The molecule has 1 saturated heterocycles. The summed E-state index contributed by atoms with van der Waals surface area (Å²) < 4.78 is 11.5. The van der Waals surface area contributed by atoms with Gasteiger partial charge in [-0.1, -0.05) is 13.8 Å². The molecule has 1 aromatic rings. The minimum atomic E-state index is -0.635. The first-order valence-corrected chi connectivity index (χ1v) is 9.02. The van der Waals surface area contributed by atoms with Crippen LogP contribution in [0, 0.1) is 0 Å². The molecular weight excluding hydrogens is 270 g/mol. The number of hydrogen-bond donors (Lipinski definition) is 1. The van der Waals surface area contributed by atoms with Crippen LogP contribution in [0.4, 0.5) is 5.82 Å². The van der Waals surface area contributed by atoms with Crippen molar-refractivity contribution in [2.24, 2.45) is 0 Å². The molecule has 0 aromatic carbocycles. The van der Waals surface area contributed by atoms with Crippen LogP contribution in [0.25, 0.3) is 0 Å². The van der Waals surface area contributed by atoms with E-state index in [0.29, 0.717) is 0 Å². The van der Waals surface area contributed by atoms with Crippen molar-refractivity contribution in [3.05, 3.63) is 23.4 Å². The molecule has 1 aliphatic heterocycles. The van der Waals surface area contributed by atoms with E-state index >= 15 is 0 Å². The van der Waals surface area contributed by atoms with Gasteiger partial charge in [0, 0.05) is 47.6 Å². The normalized spacial score (nSPS) is 16.6. The van der Waals surface area contributed by atoms with Gasteiger partial charge in [-0.05, 0) is 37.1 Å². The van der Waals surface area contributed by atoms with E-state index in [1.165, 1.54) is 5.56 Å². The van der Waals surface area contributed by atoms with Crippen LogP contribution in [-0.2, 0) is 23.8 Å². The zero-order chi connectivity index (χ0) is 14.4. The van der Waals surface area contributed by atoms with E-state index in [1.54, 1.807) is 0 Å². The lowest BCUT2D eigenvalue weighted by atomic mass is 10.2. The molecule has 112 valence electrons. The summed E-state index contributed by atoms with van der Waals surface area (Å²) in [5.74, 6) is 2.58. The lowest BCUT2D eigenvalue weighted by molar-refractivity contribution is 0.669. The summed E-state index contributed by atoms with van der Waals surface area (Å²) in [4.78, 5) is 7.00. The number of aromatic nitrogens is 1.